The van der Waals surface area contributed by atoms with Crippen molar-refractivity contribution < 1.29 is 26.3 Å². The maximum atomic E-state index is 12.6. The van der Waals surface area contributed by atoms with E-state index in [1.54, 1.807) is 0 Å². The molecule has 0 aliphatic carbocycles. The van der Waals surface area contributed by atoms with E-state index in [2.05, 4.69) is 28.4 Å². The van der Waals surface area contributed by atoms with E-state index in [0.717, 1.165) is 0 Å². The molecule has 0 atom stereocenters. The monoisotopic (exact) mass is 317 g/mol. The van der Waals surface area contributed by atoms with Crippen molar-refractivity contribution in [2.24, 2.45) is 0 Å². The molecule has 0 unspecified atom stereocenters. The van der Waals surface area contributed by atoms with Crippen molar-refractivity contribution in [1.29, 1.82) is 0 Å². The molecule has 1 rings (SSSR count). The summed E-state index contributed by atoms with van der Waals surface area (Å²) in [5.74, 6) is 0. The predicted molar refractivity (Wildman–Crippen MR) is 64.9 cm³/mol. The van der Waals surface area contributed by atoms with Crippen molar-refractivity contribution >= 4 is 23.0 Å². The molecule has 20 heavy (non-hydrogen) atoms. The zero-order valence-corrected chi connectivity index (χ0v) is 10.7. The number of hydrazine groups is 1. The number of rotatable bonds is 2. The normalized spacial score (nSPS) is 12.2. The molecule has 0 amide bonds. The van der Waals surface area contributed by atoms with Crippen LogP contribution in [-0.2, 0) is 12.4 Å². The van der Waals surface area contributed by atoms with Crippen LogP contribution in [0.4, 0.5) is 32.0 Å². The van der Waals surface area contributed by atoms with Gasteiger partial charge in [-0.15, -0.1) is 0 Å². The van der Waals surface area contributed by atoms with Crippen molar-refractivity contribution in [3.8, 4) is 0 Å². The van der Waals surface area contributed by atoms with Crippen molar-refractivity contribution in [2.45, 2.75) is 12.4 Å². The summed E-state index contributed by atoms with van der Waals surface area (Å²) in [6.45, 7) is 0. The Labute approximate surface area is 115 Å². The van der Waals surface area contributed by atoms with Gasteiger partial charge in [-0.3, -0.25) is 5.43 Å². The second-order valence-corrected chi connectivity index (χ2v) is 4.03. The number of hydrogen-bond donors (Lipinski definition) is 3. The number of alkyl halides is 6. The third-order valence-electron chi connectivity index (χ3n) is 2.08. The first-order valence-corrected chi connectivity index (χ1v) is 5.48. The molecule has 0 radical (unpaired) electrons. The average Bonchev–Trinajstić information content (AvgIpc) is 2.26. The Morgan fingerprint density at radius 2 is 1.40 bits per heavy atom. The lowest BCUT2D eigenvalue weighted by atomic mass is 10.1. The average molecular weight is 317 g/mol. The Hall–Kier alpha value is -1.55. The van der Waals surface area contributed by atoms with Crippen LogP contribution in [0.1, 0.15) is 11.1 Å². The zero-order valence-electron chi connectivity index (χ0n) is 9.91. The summed E-state index contributed by atoms with van der Waals surface area (Å²) in [5.41, 5.74) is 1.45. The van der Waals surface area contributed by atoms with Gasteiger partial charge in [0.05, 0.1) is 11.1 Å². The van der Waals surface area contributed by atoms with E-state index in [1.807, 2.05) is 0 Å². The molecule has 10 heteroatoms. The minimum Gasteiger partial charge on any atom is -0.332 e. The Morgan fingerprint density at radius 1 is 0.950 bits per heavy atom. The first-order valence-electron chi connectivity index (χ1n) is 5.07. The van der Waals surface area contributed by atoms with Gasteiger partial charge < -0.3 is 5.32 Å². The van der Waals surface area contributed by atoms with E-state index >= 15 is 0 Å². The highest BCUT2D eigenvalue weighted by Crippen LogP contribution is 2.37. The fourth-order valence-electron chi connectivity index (χ4n) is 1.30. The Bertz CT molecular complexity index is 464. The van der Waals surface area contributed by atoms with E-state index in [9.17, 15) is 26.3 Å². The van der Waals surface area contributed by atoms with Gasteiger partial charge in [0.2, 0.25) is 0 Å². The third kappa shape index (κ3) is 4.53. The first-order chi connectivity index (χ1) is 9.04. The van der Waals surface area contributed by atoms with E-state index in [-0.39, 0.29) is 11.2 Å². The molecule has 3 nitrogen and oxygen atoms in total. The lowest BCUT2D eigenvalue weighted by Gasteiger charge is -2.15. The lowest BCUT2D eigenvalue weighted by Crippen LogP contribution is -2.37. The quantitative estimate of drug-likeness (QED) is 0.445. The lowest BCUT2D eigenvalue weighted by molar-refractivity contribution is -0.143. The molecule has 0 aromatic heterocycles. The van der Waals surface area contributed by atoms with Gasteiger partial charge in [0.1, 0.15) is 0 Å². The van der Waals surface area contributed by atoms with Crippen LogP contribution >= 0.6 is 12.2 Å². The van der Waals surface area contributed by atoms with E-state index in [0.29, 0.717) is 12.1 Å². The molecule has 0 spiro atoms. The van der Waals surface area contributed by atoms with Crippen LogP contribution in [0.25, 0.3) is 0 Å². The highest BCUT2D eigenvalue weighted by molar-refractivity contribution is 7.80. The summed E-state index contributed by atoms with van der Waals surface area (Å²) in [6.07, 6.45) is -9.79. The summed E-state index contributed by atoms with van der Waals surface area (Å²) in [6, 6.07) is 1.12. The minimum absolute atomic E-state index is 0.0414. The molecule has 0 heterocycles. The van der Waals surface area contributed by atoms with Gasteiger partial charge in [-0.2, -0.15) is 26.3 Å². The topological polar surface area (TPSA) is 36.1 Å². The second-order valence-electron chi connectivity index (χ2n) is 3.62. The van der Waals surface area contributed by atoms with Gasteiger partial charge in [0.25, 0.3) is 0 Å². The summed E-state index contributed by atoms with van der Waals surface area (Å²) < 4.78 is 75.4. The molecular weight excluding hydrogens is 308 g/mol. The summed E-state index contributed by atoms with van der Waals surface area (Å²) in [7, 11) is 1.43. The van der Waals surface area contributed by atoms with E-state index in [4.69, 9.17) is 0 Å². The largest absolute Gasteiger partial charge is 0.416 e. The molecular formula is C10H9F6N3S. The number of anilines is 1. The van der Waals surface area contributed by atoms with Crippen molar-refractivity contribution in [1.82, 2.24) is 10.9 Å². The molecule has 0 bridgehead atoms. The highest BCUT2D eigenvalue weighted by atomic mass is 32.1. The summed E-state index contributed by atoms with van der Waals surface area (Å²) >= 11 is 4.66. The third-order valence-corrected chi connectivity index (χ3v) is 2.29. The molecule has 1 aromatic carbocycles. The first kappa shape index (κ1) is 16.5. The molecule has 3 N–H and O–H groups in total. The minimum atomic E-state index is -4.89. The maximum Gasteiger partial charge on any atom is 0.416 e. The van der Waals surface area contributed by atoms with E-state index in [1.165, 1.54) is 7.05 Å². The highest BCUT2D eigenvalue weighted by Gasteiger charge is 2.36. The Morgan fingerprint density at radius 3 is 1.75 bits per heavy atom. The second kappa shape index (κ2) is 5.83. The predicted octanol–water partition coefficient (Wildman–Crippen LogP) is 3.15. The van der Waals surface area contributed by atoms with Crippen molar-refractivity contribution in [2.75, 3.05) is 12.4 Å². The SMILES string of the molecule is CNNC(=S)Nc1cc(C(F)(F)F)cc(C(F)(F)F)c1. The van der Waals surface area contributed by atoms with Crippen LogP contribution in [0.15, 0.2) is 18.2 Å². The van der Waals surface area contributed by atoms with Crippen LogP contribution in [0.5, 0.6) is 0 Å². The van der Waals surface area contributed by atoms with Gasteiger partial charge in [0.15, 0.2) is 5.11 Å². The number of thiocarbonyl (C=S) groups is 1. The van der Waals surface area contributed by atoms with Gasteiger partial charge in [-0.05, 0) is 30.4 Å². The van der Waals surface area contributed by atoms with Crippen LogP contribution in [0.2, 0.25) is 0 Å². The van der Waals surface area contributed by atoms with Crippen LogP contribution in [0, 0.1) is 0 Å². The smallest absolute Gasteiger partial charge is 0.332 e. The Balaban J connectivity index is 3.21. The van der Waals surface area contributed by atoms with Gasteiger partial charge in [-0.1, -0.05) is 0 Å². The molecule has 0 saturated carbocycles. The molecule has 0 fully saturated rings. The van der Waals surface area contributed by atoms with Gasteiger partial charge >= 0.3 is 12.4 Å². The number of halogens is 6. The molecule has 0 aliphatic heterocycles. The van der Waals surface area contributed by atoms with E-state index < -0.39 is 29.2 Å². The number of benzene rings is 1. The maximum absolute atomic E-state index is 12.6. The molecule has 112 valence electrons. The van der Waals surface area contributed by atoms with Crippen LogP contribution < -0.4 is 16.2 Å². The fourth-order valence-corrected chi connectivity index (χ4v) is 1.52. The number of hydrogen-bond acceptors (Lipinski definition) is 2. The summed E-state index contributed by atoms with van der Waals surface area (Å²) in [5, 5.41) is 2.06. The Kier molecular flexibility index (Phi) is 4.81. The van der Waals surface area contributed by atoms with Gasteiger partial charge in [-0.25, -0.2) is 5.43 Å². The zero-order chi connectivity index (χ0) is 15.6. The van der Waals surface area contributed by atoms with Crippen LogP contribution in [-0.4, -0.2) is 12.2 Å². The molecule has 0 saturated heterocycles. The standard InChI is InChI=1S/C10H9F6N3S/c1-17-19-8(20)18-7-3-5(9(11,12)13)2-6(4-7)10(14,15)16/h2-4,17H,1H3,(H2,18,19,20). The summed E-state index contributed by atoms with van der Waals surface area (Å²) in [4.78, 5) is 0. The van der Waals surface area contributed by atoms with Crippen molar-refractivity contribution in [3.05, 3.63) is 29.3 Å². The fraction of sp³-hybridized carbons (Fsp3) is 0.300. The number of nitrogens with one attached hydrogen (secondary N) is 3. The molecule has 1 aromatic rings. The van der Waals surface area contributed by atoms with Gasteiger partial charge in [0, 0.05) is 12.7 Å². The van der Waals surface area contributed by atoms with Crippen molar-refractivity contribution in [3.63, 3.8) is 0 Å². The van der Waals surface area contributed by atoms with Crippen LogP contribution in [0.3, 0.4) is 0 Å². The molecule has 0 aliphatic rings.